The van der Waals surface area contributed by atoms with Crippen molar-refractivity contribution in [1.82, 2.24) is 0 Å². The van der Waals surface area contributed by atoms with Gasteiger partial charge in [0.15, 0.2) is 0 Å². The Hall–Kier alpha value is -0.0551. The van der Waals surface area contributed by atoms with Crippen LogP contribution in [0.25, 0.3) is 0 Å². The Morgan fingerprint density at radius 2 is 0.500 bits per heavy atom. The minimum Gasteiger partial charge on any atom is -0.870 e. The standard InChI is InChI=1S/B.3H2O/h;3*1H2/q+3;;;/p-3. The molecule has 0 aliphatic carbocycles. The molecule has 3 N–H and O–H groups in total. The summed E-state index contributed by atoms with van der Waals surface area (Å²) in [5.74, 6) is 0. The molecule has 0 aliphatic heterocycles. The molecule has 3 nitrogen and oxygen atoms in total. The maximum absolute atomic E-state index is 0. The summed E-state index contributed by atoms with van der Waals surface area (Å²) in [6.07, 6.45) is 0. The van der Waals surface area contributed by atoms with Crippen molar-refractivity contribution in [1.29, 1.82) is 0 Å². The Morgan fingerprint density at radius 3 is 0.500 bits per heavy atom. The van der Waals surface area contributed by atoms with E-state index in [9.17, 15) is 0 Å². The van der Waals surface area contributed by atoms with Gasteiger partial charge >= 0.3 is 8.41 Å². The fourth-order valence-corrected chi connectivity index (χ4v) is 0. The van der Waals surface area contributed by atoms with Gasteiger partial charge in [0.1, 0.15) is 0 Å². The Balaban J connectivity index is 0. The molecule has 0 spiro atoms. The Bertz CT molecular complexity index is 3.25. The molecule has 0 heterocycles. The van der Waals surface area contributed by atoms with Crippen LogP contribution in [-0.4, -0.2) is 24.8 Å². The quantitative estimate of drug-likeness (QED) is 0.340. The largest absolute Gasteiger partial charge is 3.00 e. The monoisotopic (exact) mass is 62.0 g/mol. The molecular formula is H3BO3. The molecule has 4 heteroatoms. The second-order valence-corrected chi connectivity index (χ2v) is 0. The zero-order valence-electron chi connectivity index (χ0n) is 1.92. The average molecular weight is 61.8 g/mol. The fraction of sp³-hybridized carbons (Fsp3) is 0. The zero-order valence-corrected chi connectivity index (χ0v) is 1.92. The summed E-state index contributed by atoms with van der Waals surface area (Å²) < 4.78 is 0. The van der Waals surface area contributed by atoms with E-state index in [0.29, 0.717) is 0 Å². The van der Waals surface area contributed by atoms with Gasteiger partial charge in [-0.05, 0) is 0 Å². The fourth-order valence-electron chi connectivity index (χ4n) is 0. The van der Waals surface area contributed by atoms with Crippen molar-refractivity contribution in [3.8, 4) is 0 Å². The molecule has 0 unspecified atom stereocenters. The van der Waals surface area contributed by atoms with Crippen LogP contribution in [-0.2, 0) is 0 Å². The summed E-state index contributed by atoms with van der Waals surface area (Å²) in [6.45, 7) is 0. The van der Waals surface area contributed by atoms with Crippen LogP contribution in [0.1, 0.15) is 0 Å². The molecule has 24 valence electrons. The minimum absolute atomic E-state index is 0. The van der Waals surface area contributed by atoms with Gasteiger partial charge in [0.2, 0.25) is 0 Å². The van der Waals surface area contributed by atoms with Crippen LogP contribution in [0.4, 0.5) is 0 Å². The maximum atomic E-state index is 0. The minimum atomic E-state index is 0. The Labute approximate surface area is 26.1 Å². The molecule has 0 saturated heterocycles. The molecule has 0 fully saturated rings. The smallest absolute Gasteiger partial charge is 0.870 e. The first-order chi connectivity index (χ1) is 0. The first-order valence-corrected chi connectivity index (χ1v) is 0. The van der Waals surface area contributed by atoms with Gasteiger partial charge < -0.3 is 16.4 Å². The topological polar surface area (TPSA) is 90.0 Å². The van der Waals surface area contributed by atoms with Crippen LogP contribution in [0.5, 0.6) is 0 Å². The van der Waals surface area contributed by atoms with Crippen molar-refractivity contribution in [2.24, 2.45) is 0 Å². The summed E-state index contributed by atoms with van der Waals surface area (Å²) in [6, 6.07) is 0. The first-order valence-electron chi connectivity index (χ1n) is 0. The van der Waals surface area contributed by atoms with Gasteiger partial charge in [-0.1, -0.05) is 0 Å². The van der Waals surface area contributed by atoms with Crippen molar-refractivity contribution in [3.05, 3.63) is 0 Å². The van der Waals surface area contributed by atoms with Crippen molar-refractivity contribution in [2.75, 3.05) is 0 Å². The van der Waals surface area contributed by atoms with Gasteiger partial charge in [0.25, 0.3) is 0 Å². The normalized spacial score (nSPS) is 0. The van der Waals surface area contributed by atoms with Gasteiger partial charge in [-0.2, -0.15) is 0 Å². The molecule has 0 aliphatic rings. The molecule has 0 radical (unpaired) electrons. The summed E-state index contributed by atoms with van der Waals surface area (Å²) in [5, 5.41) is 0. The van der Waals surface area contributed by atoms with E-state index in [1.165, 1.54) is 0 Å². The van der Waals surface area contributed by atoms with Crippen molar-refractivity contribution < 1.29 is 16.4 Å². The third-order valence-corrected chi connectivity index (χ3v) is 0. The van der Waals surface area contributed by atoms with Crippen LogP contribution < -0.4 is 0 Å². The second kappa shape index (κ2) is 3670. The van der Waals surface area contributed by atoms with Crippen molar-refractivity contribution >= 4 is 8.41 Å². The van der Waals surface area contributed by atoms with Gasteiger partial charge in [0, 0.05) is 0 Å². The van der Waals surface area contributed by atoms with Crippen LogP contribution in [0, 0.1) is 0 Å². The first kappa shape index (κ1) is 11300. The zero-order chi connectivity index (χ0) is 0. The molecule has 0 saturated carbocycles. The third-order valence-electron chi connectivity index (χ3n) is 0. The number of rotatable bonds is 0. The predicted octanol–water partition coefficient (Wildman–Crippen LogP) is -0.911. The van der Waals surface area contributed by atoms with E-state index in [0.717, 1.165) is 0 Å². The van der Waals surface area contributed by atoms with Crippen LogP contribution in [0.3, 0.4) is 0 Å². The van der Waals surface area contributed by atoms with E-state index in [2.05, 4.69) is 0 Å². The third kappa shape index (κ3) is 573. The Kier molecular flexibility index (Phi) is 10400000. The molecule has 0 atom stereocenters. The molecular weight excluding hydrogens is 58.8 g/mol. The van der Waals surface area contributed by atoms with Gasteiger partial charge in [-0.25, -0.2) is 0 Å². The maximum Gasteiger partial charge on any atom is 3.00 e. The molecule has 4 heavy (non-hydrogen) atoms. The van der Waals surface area contributed by atoms with E-state index in [1.807, 2.05) is 0 Å². The van der Waals surface area contributed by atoms with Gasteiger partial charge in [0.05, 0.1) is 0 Å². The predicted molar refractivity (Wildman–Crippen MR) is 11.6 cm³/mol. The summed E-state index contributed by atoms with van der Waals surface area (Å²) in [7, 11) is 0. The molecule has 0 amide bonds. The van der Waals surface area contributed by atoms with Crippen LogP contribution in [0.2, 0.25) is 0 Å². The molecule has 0 bridgehead atoms. The Morgan fingerprint density at radius 1 is 0.500 bits per heavy atom. The van der Waals surface area contributed by atoms with Crippen molar-refractivity contribution in [3.63, 3.8) is 0 Å². The van der Waals surface area contributed by atoms with Gasteiger partial charge in [-0.3, -0.25) is 0 Å². The van der Waals surface area contributed by atoms with E-state index >= 15 is 0 Å². The van der Waals surface area contributed by atoms with E-state index < -0.39 is 0 Å². The van der Waals surface area contributed by atoms with E-state index in [1.54, 1.807) is 0 Å². The molecule has 0 aromatic carbocycles. The van der Waals surface area contributed by atoms with Gasteiger partial charge in [-0.15, -0.1) is 0 Å². The molecule has 0 aromatic heterocycles. The average Bonchev–Trinajstić information content (AvgIpc) is 0. The van der Waals surface area contributed by atoms with Crippen molar-refractivity contribution in [2.45, 2.75) is 0 Å². The molecule has 0 aromatic rings. The van der Waals surface area contributed by atoms with Crippen LogP contribution >= 0.6 is 0 Å². The summed E-state index contributed by atoms with van der Waals surface area (Å²) in [4.78, 5) is 0. The number of hydrogen-bond donors (Lipinski definition) is 0. The number of hydrogen-bond acceptors (Lipinski definition) is 3. The summed E-state index contributed by atoms with van der Waals surface area (Å²) >= 11 is 0. The SMILES string of the molecule is [B+3].[OH-].[OH-].[OH-]. The molecule has 0 rings (SSSR count). The van der Waals surface area contributed by atoms with E-state index in [4.69, 9.17) is 0 Å². The summed E-state index contributed by atoms with van der Waals surface area (Å²) in [5.41, 5.74) is 0. The van der Waals surface area contributed by atoms with Crippen LogP contribution in [0.15, 0.2) is 0 Å². The second-order valence-electron chi connectivity index (χ2n) is 0. The van der Waals surface area contributed by atoms with E-state index in [-0.39, 0.29) is 24.8 Å².